The largest absolute Gasteiger partial charge is 0.381 e. The Bertz CT molecular complexity index is 706. The molecule has 0 unspecified atom stereocenters. The Kier molecular flexibility index (Phi) is 6.34. The van der Waals surface area contributed by atoms with E-state index in [4.69, 9.17) is 16.3 Å². The van der Waals surface area contributed by atoms with Crippen molar-refractivity contribution in [3.8, 4) is 5.69 Å². The third-order valence-electron chi connectivity index (χ3n) is 3.99. The van der Waals surface area contributed by atoms with E-state index in [2.05, 4.69) is 10.1 Å². The van der Waals surface area contributed by atoms with Crippen molar-refractivity contribution >= 4 is 35.0 Å². The van der Waals surface area contributed by atoms with Gasteiger partial charge in [-0.25, -0.2) is 4.68 Å². The van der Waals surface area contributed by atoms with Crippen LogP contribution in [0.3, 0.4) is 0 Å². The maximum absolute atomic E-state index is 12.6. The Hall–Kier alpha value is -1.57. The molecule has 0 spiro atoms. The second-order valence-corrected chi connectivity index (χ2v) is 7.34. The monoisotopic (exact) mass is 380 g/mol. The number of carbonyl (C=O) groups is 1. The number of rotatable bonds is 8. The third kappa shape index (κ3) is 4.54. The van der Waals surface area contributed by atoms with Gasteiger partial charge in [0.2, 0.25) is 5.91 Å². The summed E-state index contributed by atoms with van der Waals surface area (Å²) < 4.78 is 6.81. The molecule has 6 nitrogen and oxygen atoms in total. The summed E-state index contributed by atoms with van der Waals surface area (Å²) in [5.41, 5.74) is 1.44. The van der Waals surface area contributed by atoms with Crippen LogP contribution in [0.2, 0.25) is 5.15 Å². The number of hydrogen-bond acceptors (Lipinski definition) is 5. The minimum Gasteiger partial charge on any atom is -0.381 e. The molecule has 0 aromatic carbocycles. The molecule has 0 N–H and O–H groups in total. The van der Waals surface area contributed by atoms with Crippen LogP contribution >= 0.6 is 23.4 Å². The number of amides is 1. The Balaban J connectivity index is 1.61. The van der Waals surface area contributed by atoms with Gasteiger partial charge in [-0.3, -0.25) is 9.78 Å². The summed E-state index contributed by atoms with van der Waals surface area (Å²) in [6.07, 6.45) is 5.66. The smallest absolute Gasteiger partial charge is 0.227 e. The van der Waals surface area contributed by atoms with Gasteiger partial charge in [0.1, 0.15) is 5.69 Å². The van der Waals surface area contributed by atoms with E-state index < -0.39 is 0 Å². The summed E-state index contributed by atoms with van der Waals surface area (Å²) in [5.74, 6) is 2.57. The van der Waals surface area contributed by atoms with Crippen molar-refractivity contribution in [3.05, 3.63) is 35.9 Å². The van der Waals surface area contributed by atoms with Gasteiger partial charge < -0.3 is 9.64 Å². The molecule has 1 fully saturated rings. The van der Waals surface area contributed by atoms with Gasteiger partial charge in [0.25, 0.3) is 0 Å². The lowest BCUT2D eigenvalue weighted by Crippen LogP contribution is -2.31. The highest BCUT2D eigenvalue weighted by Gasteiger charge is 2.21. The first-order chi connectivity index (χ1) is 12.2. The van der Waals surface area contributed by atoms with Crippen molar-refractivity contribution < 1.29 is 9.53 Å². The van der Waals surface area contributed by atoms with E-state index in [1.165, 1.54) is 0 Å². The summed E-state index contributed by atoms with van der Waals surface area (Å²) in [6.45, 7) is 4.20. The minimum absolute atomic E-state index is 0.0625. The van der Waals surface area contributed by atoms with E-state index >= 15 is 0 Å². The van der Waals surface area contributed by atoms with Crippen LogP contribution in [0.4, 0.5) is 5.69 Å². The van der Waals surface area contributed by atoms with Gasteiger partial charge in [-0.05, 0) is 19.1 Å². The van der Waals surface area contributed by atoms with E-state index in [0.29, 0.717) is 29.7 Å². The number of halogens is 1. The number of hydrogen-bond donors (Lipinski definition) is 0. The van der Waals surface area contributed by atoms with E-state index in [0.717, 1.165) is 30.4 Å². The average molecular weight is 381 g/mol. The Morgan fingerprint density at radius 1 is 1.52 bits per heavy atom. The molecule has 25 heavy (non-hydrogen) atoms. The fraction of sp³-hybridized carbons (Fsp3) is 0.471. The van der Waals surface area contributed by atoms with Gasteiger partial charge in [0.05, 0.1) is 31.3 Å². The second kappa shape index (κ2) is 8.69. The van der Waals surface area contributed by atoms with Crippen LogP contribution in [-0.4, -0.2) is 51.9 Å². The molecule has 3 rings (SSSR count). The molecule has 0 aliphatic carbocycles. The van der Waals surface area contributed by atoms with Crippen LogP contribution in [0.5, 0.6) is 0 Å². The zero-order valence-electron chi connectivity index (χ0n) is 14.1. The molecule has 134 valence electrons. The number of carbonyl (C=O) groups excluding carboxylic acids is 1. The first-order valence-corrected chi connectivity index (χ1v) is 9.83. The van der Waals surface area contributed by atoms with Crippen molar-refractivity contribution in [3.63, 3.8) is 0 Å². The summed E-state index contributed by atoms with van der Waals surface area (Å²) in [7, 11) is 0. The van der Waals surface area contributed by atoms with Crippen molar-refractivity contribution in [1.82, 2.24) is 14.8 Å². The highest BCUT2D eigenvalue weighted by molar-refractivity contribution is 7.99. The molecule has 1 saturated heterocycles. The Morgan fingerprint density at radius 2 is 2.36 bits per heavy atom. The van der Waals surface area contributed by atoms with Crippen LogP contribution in [-0.2, 0) is 9.53 Å². The van der Waals surface area contributed by atoms with Crippen LogP contribution in [0.15, 0.2) is 30.7 Å². The molecular weight excluding hydrogens is 360 g/mol. The number of ether oxygens (including phenoxy) is 1. The maximum atomic E-state index is 12.6. The first kappa shape index (κ1) is 18.2. The average Bonchev–Trinajstić information content (AvgIpc) is 2.96. The van der Waals surface area contributed by atoms with Gasteiger partial charge in [-0.1, -0.05) is 11.6 Å². The molecule has 0 bridgehead atoms. The first-order valence-electron chi connectivity index (χ1n) is 8.30. The lowest BCUT2D eigenvalue weighted by atomic mass is 10.1. The quantitative estimate of drug-likeness (QED) is 0.659. The zero-order chi connectivity index (χ0) is 17.6. The molecule has 1 aliphatic rings. The zero-order valence-corrected chi connectivity index (χ0v) is 15.7. The lowest BCUT2D eigenvalue weighted by Gasteiger charge is -2.25. The molecule has 3 heterocycles. The summed E-state index contributed by atoms with van der Waals surface area (Å²) >= 11 is 8.08. The van der Waals surface area contributed by atoms with E-state index in [1.807, 2.05) is 19.1 Å². The molecule has 0 saturated carbocycles. The van der Waals surface area contributed by atoms with Gasteiger partial charge >= 0.3 is 0 Å². The van der Waals surface area contributed by atoms with Crippen molar-refractivity contribution in [2.75, 3.05) is 36.2 Å². The molecular formula is C17H21ClN4O2S. The van der Waals surface area contributed by atoms with Gasteiger partial charge in [0, 0.05) is 36.6 Å². The van der Waals surface area contributed by atoms with E-state index in [1.54, 1.807) is 39.9 Å². The predicted octanol–water partition coefficient (Wildman–Crippen LogP) is 3.04. The third-order valence-corrected chi connectivity index (χ3v) is 5.46. The fourth-order valence-corrected chi connectivity index (χ4v) is 3.80. The molecule has 0 radical (unpaired) electrons. The van der Waals surface area contributed by atoms with Gasteiger partial charge in [-0.2, -0.15) is 16.9 Å². The summed E-state index contributed by atoms with van der Waals surface area (Å²) in [4.78, 5) is 18.4. The van der Waals surface area contributed by atoms with Crippen molar-refractivity contribution in [2.24, 2.45) is 5.92 Å². The SMILES string of the molecule is CCN(C(=O)CCSCC1COC1)c1cn(-c2cccnc2)nc1Cl. The van der Waals surface area contributed by atoms with Crippen LogP contribution < -0.4 is 4.90 Å². The van der Waals surface area contributed by atoms with E-state index in [9.17, 15) is 4.79 Å². The number of aromatic nitrogens is 3. The minimum atomic E-state index is 0.0625. The Labute approximate surface area is 156 Å². The number of anilines is 1. The molecule has 1 amide bonds. The summed E-state index contributed by atoms with van der Waals surface area (Å²) in [6, 6.07) is 3.72. The molecule has 1 aliphatic heterocycles. The van der Waals surface area contributed by atoms with E-state index in [-0.39, 0.29) is 5.91 Å². The van der Waals surface area contributed by atoms with Crippen molar-refractivity contribution in [2.45, 2.75) is 13.3 Å². The lowest BCUT2D eigenvalue weighted by molar-refractivity contribution is -0.118. The second-order valence-electron chi connectivity index (χ2n) is 5.83. The van der Waals surface area contributed by atoms with Crippen LogP contribution in [0.25, 0.3) is 5.69 Å². The fourth-order valence-electron chi connectivity index (χ4n) is 2.55. The normalized spacial score (nSPS) is 14.3. The van der Waals surface area contributed by atoms with Crippen LogP contribution in [0, 0.1) is 5.92 Å². The molecule has 0 atom stereocenters. The number of pyridine rings is 1. The maximum Gasteiger partial charge on any atom is 0.227 e. The number of nitrogens with zero attached hydrogens (tertiary/aromatic N) is 4. The predicted molar refractivity (Wildman–Crippen MR) is 101 cm³/mol. The highest BCUT2D eigenvalue weighted by atomic mass is 35.5. The molecule has 2 aromatic heterocycles. The molecule has 2 aromatic rings. The summed E-state index contributed by atoms with van der Waals surface area (Å²) in [5, 5.41) is 4.62. The number of thioether (sulfide) groups is 1. The standard InChI is InChI=1S/C17H21ClN4O2S/c1-2-21(16(23)5-7-25-12-13-10-24-11-13)15-9-22(20-17(15)18)14-4-3-6-19-8-14/h3-4,6,8-9,13H,2,5,7,10-12H2,1H3. The topological polar surface area (TPSA) is 60.2 Å². The molecule has 8 heteroatoms. The Morgan fingerprint density at radius 3 is 3.00 bits per heavy atom. The van der Waals surface area contributed by atoms with Gasteiger partial charge in [-0.15, -0.1) is 0 Å². The van der Waals surface area contributed by atoms with Crippen molar-refractivity contribution in [1.29, 1.82) is 0 Å². The van der Waals surface area contributed by atoms with Crippen LogP contribution in [0.1, 0.15) is 13.3 Å². The highest BCUT2D eigenvalue weighted by Crippen LogP contribution is 2.27. The van der Waals surface area contributed by atoms with Gasteiger partial charge in [0.15, 0.2) is 5.15 Å².